The molecule has 0 aliphatic heterocycles. The predicted octanol–water partition coefficient (Wildman–Crippen LogP) is 2.95. The number of ether oxygens (including phenoxy) is 1. The lowest BCUT2D eigenvalue weighted by molar-refractivity contribution is 0.0492. The maximum absolute atomic E-state index is 12.8. The molecule has 2 atom stereocenters. The number of alkyl carbamates (subject to hydrolysis) is 1. The van der Waals surface area contributed by atoms with E-state index in [4.69, 9.17) is 4.74 Å². The van der Waals surface area contributed by atoms with Crippen LogP contribution in [0.3, 0.4) is 0 Å². The Bertz CT molecular complexity index is 509. The first-order valence-electron chi connectivity index (χ1n) is 6.75. The molecule has 0 saturated heterocycles. The highest BCUT2D eigenvalue weighted by Gasteiger charge is 2.25. The summed E-state index contributed by atoms with van der Waals surface area (Å²) in [6, 6.07) is 2.08. The van der Waals surface area contributed by atoms with Crippen LogP contribution in [0.25, 0.3) is 0 Å². The predicted molar refractivity (Wildman–Crippen MR) is 76.5 cm³/mol. The van der Waals surface area contributed by atoms with Crippen LogP contribution in [0.15, 0.2) is 18.3 Å². The Morgan fingerprint density at radius 1 is 1.29 bits per heavy atom. The number of aromatic nitrogens is 1. The Hall–Kier alpha value is -1.98. The number of ketones is 1. The Balaban J connectivity index is 2.65. The molecule has 0 aliphatic carbocycles. The fourth-order valence-electron chi connectivity index (χ4n) is 1.60. The highest BCUT2D eigenvalue weighted by molar-refractivity contribution is 5.96. The summed E-state index contributed by atoms with van der Waals surface area (Å²) in [6.45, 7) is 8.65. The van der Waals surface area contributed by atoms with Gasteiger partial charge in [-0.3, -0.25) is 9.78 Å². The molecule has 5 nitrogen and oxygen atoms in total. The zero-order valence-electron chi connectivity index (χ0n) is 12.9. The Labute approximate surface area is 123 Å². The molecular weight excluding hydrogens is 275 g/mol. The van der Waals surface area contributed by atoms with E-state index in [-0.39, 0.29) is 11.5 Å². The van der Waals surface area contributed by atoms with Gasteiger partial charge >= 0.3 is 6.09 Å². The average molecular weight is 296 g/mol. The number of carbonyl (C=O) groups is 2. The second-order valence-electron chi connectivity index (χ2n) is 5.95. The van der Waals surface area contributed by atoms with E-state index < -0.39 is 29.5 Å². The Morgan fingerprint density at radius 2 is 1.90 bits per heavy atom. The molecule has 0 aromatic carbocycles. The molecule has 0 spiro atoms. The molecule has 21 heavy (non-hydrogen) atoms. The van der Waals surface area contributed by atoms with Crippen molar-refractivity contribution in [1.82, 2.24) is 10.3 Å². The summed E-state index contributed by atoms with van der Waals surface area (Å²) in [5.41, 5.74) is -0.433. The number of carbonyl (C=O) groups excluding carboxylic acids is 2. The number of Topliss-reactive ketones (excluding diaryl/α,β-unsaturated/α-hetero) is 1. The van der Waals surface area contributed by atoms with Gasteiger partial charge in [-0.2, -0.15) is 0 Å². The summed E-state index contributed by atoms with van der Waals surface area (Å²) in [6.07, 6.45) is 0.410. The van der Waals surface area contributed by atoms with Crippen LogP contribution < -0.4 is 5.32 Å². The fraction of sp³-hybridized carbons (Fsp3) is 0.533. The first-order valence-corrected chi connectivity index (χ1v) is 6.75. The molecule has 0 radical (unpaired) electrons. The van der Waals surface area contributed by atoms with Gasteiger partial charge < -0.3 is 10.1 Å². The molecule has 1 rings (SSSR count). The highest BCUT2D eigenvalue weighted by Crippen LogP contribution is 2.13. The van der Waals surface area contributed by atoms with Gasteiger partial charge in [0.25, 0.3) is 0 Å². The summed E-state index contributed by atoms with van der Waals surface area (Å²) in [7, 11) is 0. The van der Waals surface area contributed by atoms with Crippen molar-refractivity contribution in [2.45, 2.75) is 46.3 Å². The van der Waals surface area contributed by atoms with Crippen molar-refractivity contribution in [2.24, 2.45) is 5.92 Å². The van der Waals surface area contributed by atoms with E-state index in [9.17, 15) is 14.0 Å². The van der Waals surface area contributed by atoms with Gasteiger partial charge in [0.2, 0.25) is 0 Å². The van der Waals surface area contributed by atoms with E-state index in [2.05, 4.69) is 10.3 Å². The van der Waals surface area contributed by atoms with Gasteiger partial charge in [0.1, 0.15) is 17.1 Å². The maximum Gasteiger partial charge on any atom is 0.407 e. The van der Waals surface area contributed by atoms with Crippen molar-refractivity contribution < 1.29 is 18.7 Å². The molecule has 0 aliphatic rings. The number of halogens is 1. The molecule has 116 valence electrons. The molecule has 1 amide bonds. The van der Waals surface area contributed by atoms with Gasteiger partial charge in [-0.25, -0.2) is 9.18 Å². The quantitative estimate of drug-likeness (QED) is 0.867. The van der Waals surface area contributed by atoms with Gasteiger partial charge in [0.05, 0.1) is 6.20 Å². The zero-order chi connectivity index (χ0) is 16.2. The number of amides is 1. The molecular formula is C15H21FN2O3. The Kier molecular flexibility index (Phi) is 5.41. The molecule has 2 unspecified atom stereocenters. The molecule has 0 saturated carbocycles. The van der Waals surface area contributed by atoms with E-state index in [1.807, 2.05) is 0 Å². The first kappa shape index (κ1) is 17.1. The number of hydrogen-bond donors (Lipinski definition) is 1. The molecule has 1 N–H and O–H groups in total. The third-order valence-electron chi connectivity index (χ3n) is 2.89. The third kappa shape index (κ3) is 5.49. The van der Waals surface area contributed by atoms with E-state index in [0.29, 0.717) is 0 Å². The van der Waals surface area contributed by atoms with Crippen LogP contribution >= 0.6 is 0 Å². The van der Waals surface area contributed by atoms with Crippen LogP contribution in [0.1, 0.15) is 45.1 Å². The summed E-state index contributed by atoms with van der Waals surface area (Å²) in [5, 5.41) is 2.61. The van der Waals surface area contributed by atoms with Gasteiger partial charge in [-0.15, -0.1) is 0 Å². The first-order chi connectivity index (χ1) is 9.60. The van der Waals surface area contributed by atoms with Gasteiger partial charge in [0, 0.05) is 12.0 Å². The largest absolute Gasteiger partial charge is 0.444 e. The van der Waals surface area contributed by atoms with Gasteiger partial charge in [-0.1, -0.05) is 6.92 Å². The lowest BCUT2D eigenvalue weighted by Crippen LogP contribution is -2.42. The van der Waals surface area contributed by atoms with Crippen LogP contribution in [0.5, 0.6) is 0 Å². The summed E-state index contributed by atoms with van der Waals surface area (Å²) >= 11 is 0. The minimum atomic E-state index is -0.602. The molecule has 6 heteroatoms. The number of nitrogens with zero attached hydrogens (tertiary/aromatic N) is 1. The summed E-state index contributed by atoms with van der Waals surface area (Å²) in [5.74, 6) is -1.27. The smallest absolute Gasteiger partial charge is 0.407 e. The lowest BCUT2D eigenvalue weighted by atomic mass is 9.96. The van der Waals surface area contributed by atoms with Crippen LogP contribution in [0.4, 0.5) is 9.18 Å². The van der Waals surface area contributed by atoms with Gasteiger partial charge in [0.15, 0.2) is 5.78 Å². The topological polar surface area (TPSA) is 68.3 Å². The van der Waals surface area contributed by atoms with Gasteiger partial charge in [-0.05, 0) is 39.8 Å². The molecule has 1 aromatic heterocycles. The average Bonchev–Trinajstić information content (AvgIpc) is 2.35. The third-order valence-corrected chi connectivity index (χ3v) is 2.89. The SMILES string of the molecule is CC(NC(=O)OC(C)(C)C)C(C)C(=O)c1ccc(F)cn1. The second-order valence-corrected chi connectivity index (χ2v) is 5.95. The summed E-state index contributed by atoms with van der Waals surface area (Å²) in [4.78, 5) is 27.6. The fourth-order valence-corrected chi connectivity index (χ4v) is 1.60. The number of hydrogen-bond acceptors (Lipinski definition) is 4. The highest BCUT2D eigenvalue weighted by atomic mass is 19.1. The Morgan fingerprint density at radius 3 is 2.38 bits per heavy atom. The minimum Gasteiger partial charge on any atom is -0.444 e. The summed E-state index contributed by atoms with van der Waals surface area (Å²) < 4.78 is 17.9. The lowest BCUT2D eigenvalue weighted by Gasteiger charge is -2.24. The monoisotopic (exact) mass is 296 g/mol. The van der Waals surface area contributed by atoms with E-state index in [1.165, 1.54) is 12.1 Å². The standard InChI is InChI=1S/C15H21FN2O3/c1-9(10(2)18-14(20)21-15(3,4)5)13(19)12-7-6-11(16)8-17-12/h6-10H,1-5H3,(H,18,20). The van der Waals surface area contributed by atoms with Crippen molar-refractivity contribution in [2.75, 3.05) is 0 Å². The van der Waals surface area contributed by atoms with Crippen molar-refractivity contribution in [3.8, 4) is 0 Å². The number of nitrogens with one attached hydrogen (secondary N) is 1. The molecule has 1 aromatic rings. The van der Waals surface area contributed by atoms with E-state index in [1.54, 1.807) is 34.6 Å². The van der Waals surface area contributed by atoms with Crippen LogP contribution in [0, 0.1) is 11.7 Å². The van der Waals surface area contributed by atoms with Crippen LogP contribution in [-0.4, -0.2) is 28.5 Å². The van der Waals surface area contributed by atoms with Crippen LogP contribution in [0.2, 0.25) is 0 Å². The minimum absolute atomic E-state index is 0.168. The zero-order valence-corrected chi connectivity index (χ0v) is 12.9. The van der Waals surface area contributed by atoms with Crippen molar-refractivity contribution >= 4 is 11.9 Å². The van der Waals surface area contributed by atoms with E-state index in [0.717, 1.165) is 6.20 Å². The molecule has 1 heterocycles. The maximum atomic E-state index is 12.8. The van der Waals surface area contributed by atoms with Crippen molar-refractivity contribution in [1.29, 1.82) is 0 Å². The molecule has 0 fully saturated rings. The number of rotatable bonds is 4. The van der Waals surface area contributed by atoms with Crippen molar-refractivity contribution in [3.05, 3.63) is 29.8 Å². The number of pyridine rings is 1. The normalized spacial score (nSPS) is 14.2. The second kappa shape index (κ2) is 6.65. The van der Waals surface area contributed by atoms with Crippen molar-refractivity contribution in [3.63, 3.8) is 0 Å². The molecule has 0 bridgehead atoms. The van der Waals surface area contributed by atoms with Crippen LogP contribution in [-0.2, 0) is 4.74 Å². The van der Waals surface area contributed by atoms with E-state index >= 15 is 0 Å².